The zero-order valence-corrected chi connectivity index (χ0v) is 14.7. The molecule has 0 unspecified atom stereocenters. The standard InChI is InChI=1S/C18H21N5O3/c1-22-10-13(9-15(22)24)18(25)23-8-4-5-12(11-23)16-20-17(26-21-16)14-6-2-3-7-19-14/h2-3,6-7,12-13H,4-5,8-11H2,1H3/t12-,13+/m0/s1. The molecule has 0 saturated carbocycles. The van der Waals surface area contributed by atoms with E-state index in [1.807, 2.05) is 23.1 Å². The van der Waals surface area contributed by atoms with Gasteiger partial charge in [0.05, 0.1) is 5.92 Å². The van der Waals surface area contributed by atoms with Crippen molar-refractivity contribution in [1.82, 2.24) is 24.9 Å². The molecule has 0 radical (unpaired) electrons. The number of hydrogen-bond acceptors (Lipinski definition) is 6. The van der Waals surface area contributed by atoms with Gasteiger partial charge >= 0.3 is 0 Å². The first-order chi connectivity index (χ1) is 12.6. The first kappa shape index (κ1) is 16.7. The van der Waals surface area contributed by atoms with Gasteiger partial charge in [-0.15, -0.1) is 0 Å². The Kier molecular flexibility index (Phi) is 4.40. The maximum Gasteiger partial charge on any atom is 0.276 e. The van der Waals surface area contributed by atoms with Crippen LogP contribution in [0.5, 0.6) is 0 Å². The average molecular weight is 355 g/mol. The minimum Gasteiger partial charge on any atom is -0.345 e. The molecule has 2 saturated heterocycles. The third-order valence-corrected chi connectivity index (χ3v) is 5.11. The summed E-state index contributed by atoms with van der Waals surface area (Å²) in [5, 5.41) is 4.11. The van der Waals surface area contributed by atoms with E-state index in [1.165, 1.54) is 0 Å². The zero-order valence-electron chi connectivity index (χ0n) is 14.7. The van der Waals surface area contributed by atoms with Crippen molar-refractivity contribution in [1.29, 1.82) is 0 Å². The predicted octanol–water partition coefficient (Wildman–Crippen LogP) is 1.32. The lowest BCUT2D eigenvalue weighted by atomic mass is 9.95. The fourth-order valence-corrected chi connectivity index (χ4v) is 3.67. The van der Waals surface area contributed by atoms with Crippen molar-refractivity contribution >= 4 is 11.8 Å². The van der Waals surface area contributed by atoms with Crippen LogP contribution in [-0.4, -0.2) is 63.4 Å². The first-order valence-corrected chi connectivity index (χ1v) is 8.89. The van der Waals surface area contributed by atoms with E-state index in [4.69, 9.17) is 4.52 Å². The summed E-state index contributed by atoms with van der Waals surface area (Å²) < 4.78 is 5.35. The second-order valence-corrected chi connectivity index (χ2v) is 6.97. The second-order valence-electron chi connectivity index (χ2n) is 6.97. The molecular formula is C18H21N5O3. The molecule has 4 rings (SSSR count). The second kappa shape index (κ2) is 6.86. The molecule has 2 aliphatic rings. The van der Waals surface area contributed by atoms with Crippen molar-refractivity contribution in [3.63, 3.8) is 0 Å². The highest BCUT2D eigenvalue weighted by atomic mass is 16.5. The van der Waals surface area contributed by atoms with E-state index >= 15 is 0 Å². The highest BCUT2D eigenvalue weighted by Crippen LogP contribution is 2.28. The highest BCUT2D eigenvalue weighted by Gasteiger charge is 2.37. The molecule has 2 fully saturated rings. The van der Waals surface area contributed by atoms with Crippen LogP contribution in [0.2, 0.25) is 0 Å². The third kappa shape index (κ3) is 3.18. The van der Waals surface area contributed by atoms with Crippen molar-refractivity contribution in [2.45, 2.75) is 25.2 Å². The van der Waals surface area contributed by atoms with Crippen LogP contribution in [0.25, 0.3) is 11.6 Å². The Morgan fingerprint density at radius 1 is 1.31 bits per heavy atom. The summed E-state index contributed by atoms with van der Waals surface area (Å²) in [4.78, 5) is 36.7. The predicted molar refractivity (Wildman–Crippen MR) is 91.8 cm³/mol. The Hall–Kier alpha value is -2.77. The number of carbonyl (C=O) groups excluding carboxylic acids is 2. The summed E-state index contributed by atoms with van der Waals surface area (Å²) in [6.45, 7) is 1.79. The lowest BCUT2D eigenvalue weighted by Gasteiger charge is -2.32. The summed E-state index contributed by atoms with van der Waals surface area (Å²) >= 11 is 0. The number of piperidine rings is 1. The number of nitrogens with zero attached hydrogens (tertiary/aromatic N) is 5. The van der Waals surface area contributed by atoms with Gasteiger partial charge in [0.15, 0.2) is 5.82 Å². The lowest BCUT2D eigenvalue weighted by molar-refractivity contribution is -0.137. The summed E-state index contributed by atoms with van der Waals surface area (Å²) in [5.41, 5.74) is 0.641. The fraction of sp³-hybridized carbons (Fsp3) is 0.500. The SMILES string of the molecule is CN1C[C@H](C(=O)N2CCC[C@H](c3noc(-c4ccccn4)n3)C2)CC1=O. The Morgan fingerprint density at radius 3 is 2.92 bits per heavy atom. The molecule has 4 heterocycles. The molecular weight excluding hydrogens is 334 g/mol. The molecule has 2 aliphatic heterocycles. The Labute approximate surface area is 151 Å². The van der Waals surface area contributed by atoms with E-state index in [2.05, 4.69) is 15.1 Å². The highest BCUT2D eigenvalue weighted by molar-refractivity contribution is 5.89. The molecule has 26 heavy (non-hydrogen) atoms. The summed E-state index contributed by atoms with van der Waals surface area (Å²) in [7, 11) is 1.74. The first-order valence-electron chi connectivity index (χ1n) is 8.89. The van der Waals surface area contributed by atoms with Gasteiger partial charge in [0, 0.05) is 45.2 Å². The van der Waals surface area contributed by atoms with Crippen molar-refractivity contribution in [3.8, 4) is 11.6 Å². The molecule has 136 valence electrons. The van der Waals surface area contributed by atoms with E-state index in [9.17, 15) is 9.59 Å². The number of carbonyl (C=O) groups is 2. The van der Waals surface area contributed by atoms with Crippen LogP contribution in [0.15, 0.2) is 28.9 Å². The molecule has 0 aromatic carbocycles. The number of likely N-dealkylation sites (tertiary alicyclic amines) is 2. The molecule has 2 amide bonds. The topological polar surface area (TPSA) is 92.4 Å². The molecule has 0 aliphatic carbocycles. The quantitative estimate of drug-likeness (QED) is 0.824. The normalized spacial score (nSPS) is 23.5. The maximum absolute atomic E-state index is 12.8. The molecule has 2 aromatic heterocycles. The van der Waals surface area contributed by atoms with Crippen LogP contribution in [0.4, 0.5) is 0 Å². The van der Waals surface area contributed by atoms with Crippen molar-refractivity contribution < 1.29 is 14.1 Å². The molecule has 0 spiro atoms. The van der Waals surface area contributed by atoms with E-state index in [-0.39, 0.29) is 23.7 Å². The number of hydrogen-bond donors (Lipinski definition) is 0. The Bertz CT molecular complexity index is 806. The maximum atomic E-state index is 12.8. The molecule has 0 bridgehead atoms. The van der Waals surface area contributed by atoms with Gasteiger partial charge in [-0.3, -0.25) is 14.6 Å². The Balaban J connectivity index is 1.45. The van der Waals surface area contributed by atoms with Gasteiger partial charge in [0.1, 0.15) is 5.69 Å². The van der Waals surface area contributed by atoms with E-state index in [0.29, 0.717) is 43.5 Å². The van der Waals surface area contributed by atoms with Crippen LogP contribution >= 0.6 is 0 Å². The van der Waals surface area contributed by atoms with Crippen LogP contribution < -0.4 is 0 Å². The van der Waals surface area contributed by atoms with E-state index < -0.39 is 0 Å². The van der Waals surface area contributed by atoms with Gasteiger partial charge in [0.25, 0.3) is 5.89 Å². The van der Waals surface area contributed by atoms with E-state index in [1.54, 1.807) is 18.1 Å². The largest absolute Gasteiger partial charge is 0.345 e. The van der Waals surface area contributed by atoms with Crippen LogP contribution in [0.3, 0.4) is 0 Å². The third-order valence-electron chi connectivity index (χ3n) is 5.11. The van der Waals surface area contributed by atoms with Gasteiger partial charge in [0.2, 0.25) is 11.8 Å². The van der Waals surface area contributed by atoms with Crippen molar-refractivity contribution in [2.24, 2.45) is 5.92 Å². The van der Waals surface area contributed by atoms with Gasteiger partial charge in [-0.2, -0.15) is 4.98 Å². The molecule has 2 atom stereocenters. The molecule has 8 heteroatoms. The fourth-order valence-electron chi connectivity index (χ4n) is 3.67. The Morgan fingerprint density at radius 2 is 2.19 bits per heavy atom. The van der Waals surface area contributed by atoms with E-state index in [0.717, 1.165) is 12.8 Å². The molecule has 8 nitrogen and oxygen atoms in total. The number of pyridine rings is 1. The van der Waals surface area contributed by atoms with Gasteiger partial charge < -0.3 is 14.3 Å². The minimum absolute atomic E-state index is 0.0371. The lowest BCUT2D eigenvalue weighted by Crippen LogP contribution is -2.43. The smallest absolute Gasteiger partial charge is 0.276 e. The van der Waals surface area contributed by atoms with Crippen molar-refractivity contribution in [3.05, 3.63) is 30.2 Å². The summed E-state index contributed by atoms with van der Waals surface area (Å²) in [5.74, 6) is 0.912. The minimum atomic E-state index is -0.236. The molecule has 2 aromatic rings. The number of aromatic nitrogens is 3. The van der Waals surface area contributed by atoms with Crippen LogP contribution in [-0.2, 0) is 9.59 Å². The average Bonchev–Trinajstić information content (AvgIpc) is 3.29. The van der Waals surface area contributed by atoms with Crippen molar-refractivity contribution in [2.75, 3.05) is 26.7 Å². The van der Waals surface area contributed by atoms with Crippen LogP contribution in [0.1, 0.15) is 31.0 Å². The number of amides is 2. The molecule has 0 N–H and O–H groups in total. The monoisotopic (exact) mass is 355 g/mol. The van der Waals surface area contributed by atoms with Gasteiger partial charge in [-0.1, -0.05) is 11.2 Å². The number of rotatable bonds is 3. The van der Waals surface area contributed by atoms with Crippen LogP contribution in [0, 0.1) is 5.92 Å². The summed E-state index contributed by atoms with van der Waals surface area (Å²) in [6, 6.07) is 5.52. The van der Waals surface area contributed by atoms with Gasteiger partial charge in [-0.25, -0.2) is 0 Å². The zero-order chi connectivity index (χ0) is 18.1. The van der Waals surface area contributed by atoms with Gasteiger partial charge in [-0.05, 0) is 25.0 Å². The summed E-state index contributed by atoms with van der Waals surface area (Å²) in [6.07, 6.45) is 3.79.